The van der Waals surface area contributed by atoms with E-state index in [1.54, 1.807) is 36.3 Å². The van der Waals surface area contributed by atoms with Gasteiger partial charge in [-0.3, -0.25) is 14.3 Å². The number of halogens is 1. The van der Waals surface area contributed by atoms with Gasteiger partial charge in [0.1, 0.15) is 11.4 Å². The summed E-state index contributed by atoms with van der Waals surface area (Å²) in [5.74, 6) is -1.02. The van der Waals surface area contributed by atoms with Gasteiger partial charge in [-0.2, -0.15) is 9.49 Å². The topological polar surface area (TPSA) is 110 Å². The summed E-state index contributed by atoms with van der Waals surface area (Å²) in [7, 11) is 1.61. The molecule has 1 N–H and O–H groups in total. The molecule has 1 aliphatic rings. The largest absolute Gasteiger partial charge is 0.338 e. The molecule has 2 amide bonds. The second kappa shape index (κ2) is 7.27. The van der Waals surface area contributed by atoms with Crippen molar-refractivity contribution in [1.29, 1.82) is 0 Å². The third-order valence-corrected chi connectivity index (χ3v) is 5.07. The number of aryl methyl sites for hydroxylation is 1. The number of pyridine rings is 2. The van der Waals surface area contributed by atoms with E-state index in [-0.39, 0.29) is 23.0 Å². The molecule has 5 heterocycles. The lowest BCUT2D eigenvalue weighted by atomic mass is 10.1. The lowest BCUT2D eigenvalue weighted by Crippen LogP contribution is -2.42. The Morgan fingerprint density at radius 2 is 2.00 bits per heavy atom. The zero-order chi connectivity index (χ0) is 21.5. The lowest BCUT2D eigenvalue weighted by Gasteiger charge is -2.30. The Kier molecular flexibility index (Phi) is 4.42. The number of aromatic nitrogens is 6. The maximum atomic E-state index is 13.4. The molecule has 31 heavy (non-hydrogen) atoms. The number of carbonyl (C=O) groups is 2. The molecule has 0 atom stereocenters. The molecule has 11 heteroatoms. The van der Waals surface area contributed by atoms with Gasteiger partial charge < -0.3 is 10.2 Å². The quantitative estimate of drug-likeness (QED) is 0.504. The third-order valence-electron chi connectivity index (χ3n) is 5.07. The molecule has 10 nitrogen and oxygen atoms in total. The Bertz CT molecular complexity index is 1320. The third kappa shape index (κ3) is 3.39. The first-order valence-electron chi connectivity index (χ1n) is 9.61. The lowest BCUT2D eigenvalue weighted by molar-refractivity contribution is 0.0648. The zero-order valence-electron chi connectivity index (χ0n) is 16.5. The highest BCUT2D eigenvalue weighted by molar-refractivity contribution is 6.11. The van der Waals surface area contributed by atoms with Gasteiger partial charge in [0.15, 0.2) is 5.65 Å². The SMILES string of the molecule is Cn1ncc(C(=O)N2CCC2)c1C(=O)Nc1ccn2nc(-c3cccc(F)n3)nc2c1. The van der Waals surface area contributed by atoms with Crippen LogP contribution < -0.4 is 5.32 Å². The number of nitrogens with one attached hydrogen (secondary N) is 1. The van der Waals surface area contributed by atoms with Gasteiger partial charge in [0.05, 0.1) is 11.8 Å². The van der Waals surface area contributed by atoms with Crippen molar-refractivity contribution in [3.8, 4) is 11.5 Å². The zero-order valence-corrected chi connectivity index (χ0v) is 16.5. The molecule has 4 aromatic rings. The van der Waals surface area contributed by atoms with Gasteiger partial charge in [-0.05, 0) is 24.6 Å². The van der Waals surface area contributed by atoms with Crippen molar-refractivity contribution in [1.82, 2.24) is 34.3 Å². The van der Waals surface area contributed by atoms with E-state index < -0.39 is 11.9 Å². The van der Waals surface area contributed by atoms with Crippen LogP contribution in [0, 0.1) is 5.95 Å². The van der Waals surface area contributed by atoms with E-state index in [0.29, 0.717) is 30.1 Å². The number of hydrogen-bond donors (Lipinski definition) is 1. The van der Waals surface area contributed by atoms with Crippen LogP contribution in [0.15, 0.2) is 42.7 Å². The van der Waals surface area contributed by atoms with Crippen LogP contribution in [0.2, 0.25) is 0 Å². The van der Waals surface area contributed by atoms with E-state index in [9.17, 15) is 14.0 Å². The van der Waals surface area contributed by atoms with Crippen molar-refractivity contribution < 1.29 is 14.0 Å². The molecule has 0 aliphatic carbocycles. The van der Waals surface area contributed by atoms with Crippen molar-refractivity contribution in [2.75, 3.05) is 18.4 Å². The molecular formula is C20H17FN8O2. The van der Waals surface area contributed by atoms with Crippen molar-refractivity contribution in [3.63, 3.8) is 0 Å². The Labute approximate surface area is 175 Å². The van der Waals surface area contributed by atoms with Gasteiger partial charge in [-0.15, -0.1) is 5.10 Å². The number of anilines is 1. The minimum atomic E-state index is -0.621. The predicted molar refractivity (Wildman–Crippen MR) is 108 cm³/mol. The molecule has 156 valence electrons. The van der Waals surface area contributed by atoms with Crippen molar-refractivity contribution in [3.05, 3.63) is 59.9 Å². The van der Waals surface area contributed by atoms with Gasteiger partial charge in [0.25, 0.3) is 11.8 Å². The summed E-state index contributed by atoms with van der Waals surface area (Å²) in [6.07, 6.45) is 3.99. The first kappa shape index (κ1) is 18.9. The summed E-state index contributed by atoms with van der Waals surface area (Å²) in [6.45, 7) is 1.36. The van der Waals surface area contributed by atoms with E-state index in [1.807, 2.05) is 0 Å². The van der Waals surface area contributed by atoms with E-state index in [0.717, 1.165) is 6.42 Å². The Hall–Kier alpha value is -4.15. The molecular weight excluding hydrogens is 403 g/mol. The second-order valence-electron chi connectivity index (χ2n) is 7.13. The minimum Gasteiger partial charge on any atom is -0.338 e. The maximum absolute atomic E-state index is 13.4. The number of nitrogens with zero attached hydrogens (tertiary/aromatic N) is 7. The van der Waals surface area contributed by atoms with Crippen LogP contribution in [0.4, 0.5) is 10.1 Å². The number of carbonyl (C=O) groups excluding carboxylic acids is 2. The molecule has 1 fully saturated rings. The molecule has 0 unspecified atom stereocenters. The summed E-state index contributed by atoms with van der Waals surface area (Å²) in [5, 5.41) is 11.1. The van der Waals surface area contributed by atoms with Crippen LogP contribution in [0.3, 0.4) is 0 Å². The molecule has 1 aliphatic heterocycles. The number of rotatable bonds is 4. The molecule has 0 bridgehead atoms. The van der Waals surface area contributed by atoms with Crippen LogP contribution in [-0.4, -0.2) is 59.2 Å². The number of fused-ring (bicyclic) bond motifs is 1. The maximum Gasteiger partial charge on any atom is 0.274 e. The minimum absolute atomic E-state index is 0.183. The molecule has 0 saturated carbocycles. The smallest absolute Gasteiger partial charge is 0.274 e. The summed E-state index contributed by atoms with van der Waals surface area (Å²) in [6, 6.07) is 7.66. The number of likely N-dealkylation sites (tertiary alicyclic amines) is 1. The van der Waals surface area contributed by atoms with E-state index >= 15 is 0 Å². The van der Waals surface area contributed by atoms with Crippen LogP contribution in [0.5, 0.6) is 0 Å². The Morgan fingerprint density at radius 3 is 2.74 bits per heavy atom. The fourth-order valence-electron chi connectivity index (χ4n) is 3.34. The molecule has 0 radical (unpaired) electrons. The van der Waals surface area contributed by atoms with Crippen LogP contribution in [0.25, 0.3) is 17.2 Å². The first-order valence-corrected chi connectivity index (χ1v) is 9.61. The standard InChI is InChI=1S/C20H17FN8O2/c1-27-17(13(11-22-27)20(31)28-7-3-8-28)19(30)23-12-6-9-29-16(10-12)25-18(26-29)14-4-2-5-15(21)24-14/h2,4-6,9-11H,3,7-8H2,1H3,(H,23,30). The van der Waals surface area contributed by atoms with Gasteiger partial charge in [0.2, 0.25) is 11.8 Å². The average molecular weight is 420 g/mol. The highest BCUT2D eigenvalue weighted by Gasteiger charge is 2.28. The van der Waals surface area contributed by atoms with E-state index in [1.165, 1.54) is 27.5 Å². The molecule has 1 saturated heterocycles. The predicted octanol–water partition coefficient (Wildman–Crippen LogP) is 1.76. The summed E-state index contributed by atoms with van der Waals surface area (Å²) < 4.78 is 16.3. The van der Waals surface area contributed by atoms with Gasteiger partial charge >= 0.3 is 0 Å². The van der Waals surface area contributed by atoms with Crippen LogP contribution in [-0.2, 0) is 7.05 Å². The second-order valence-corrected chi connectivity index (χ2v) is 7.13. The highest BCUT2D eigenvalue weighted by atomic mass is 19.1. The highest BCUT2D eigenvalue weighted by Crippen LogP contribution is 2.19. The van der Waals surface area contributed by atoms with Gasteiger partial charge in [0, 0.05) is 38.1 Å². The van der Waals surface area contributed by atoms with Crippen molar-refractivity contribution in [2.45, 2.75) is 6.42 Å². The van der Waals surface area contributed by atoms with E-state index in [2.05, 4.69) is 25.5 Å². The summed E-state index contributed by atoms with van der Waals surface area (Å²) >= 11 is 0. The van der Waals surface area contributed by atoms with Gasteiger partial charge in [-0.25, -0.2) is 14.5 Å². The summed E-state index contributed by atoms with van der Waals surface area (Å²) in [4.78, 5) is 35.3. The van der Waals surface area contributed by atoms with Crippen molar-refractivity contribution >= 4 is 23.1 Å². The monoisotopic (exact) mass is 420 g/mol. The number of amides is 2. The Morgan fingerprint density at radius 1 is 1.16 bits per heavy atom. The molecule has 0 spiro atoms. The van der Waals surface area contributed by atoms with Crippen LogP contribution >= 0.6 is 0 Å². The van der Waals surface area contributed by atoms with E-state index in [4.69, 9.17) is 0 Å². The first-order chi connectivity index (χ1) is 15.0. The van der Waals surface area contributed by atoms with Crippen LogP contribution in [0.1, 0.15) is 27.3 Å². The van der Waals surface area contributed by atoms with Gasteiger partial charge in [-0.1, -0.05) is 6.07 Å². The molecule has 0 aromatic carbocycles. The fourth-order valence-corrected chi connectivity index (χ4v) is 3.34. The average Bonchev–Trinajstić information content (AvgIpc) is 3.29. The summed E-state index contributed by atoms with van der Waals surface area (Å²) in [5.41, 5.74) is 1.66. The van der Waals surface area contributed by atoms with Crippen molar-refractivity contribution in [2.24, 2.45) is 7.05 Å². The molecule has 5 rings (SSSR count). The fraction of sp³-hybridized carbons (Fsp3) is 0.200. The molecule has 4 aromatic heterocycles. The normalized spacial score (nSPS) is 13.3. The number of hydrogen-bond acceptors (Lipinski definition) is 6. The Balaban J connectivity index is 1.41.